The Morgan fingerprint density at radius 1 is 1.05 bits per heavy atom. The van der Waals surface area contributed by atoms with Crippen molar-refractivity contribution in [2.75, 3.05) is 25.1 Å². The van der Waals surface area contributed by atoms with Gasteiger partial charge < -0.3 is 24.9 Å². The standard InChI is InChI=1S/C26H23N3O8S2/c1-2-36-16-10-13(8-9-15(16)37-12-17(30)27-14-6-4-3-5-7-14)19-20-22(38-23-21(19)39-26(35)28-23)25(34)29(24(20)33)11-18(31)32/h3-10,19-20,22H,2,11-12H2,1H3,(H,27,30)(H,28,35)(H,31,32)/t19-,20?,22?/m1/s1. The molecule has 0 aliphatic carbocycles. The molecule has 202 valence electrons. The number of nitrogens with zero attached hydrogens (tertiary/aromatic N) is 1. The number of fused-ring (bicyclic) bond motifs is 2. The van der Waals surface area contributed by atoms with Crippen molar-refractivity contribution in [1.82, 2.24) is 9.88 Å². The number of likely N-dealkylation sites (tertiary alicyclic amines) is 1. The van der Waals surface area contributed by atoms with Crippen molar-refractivity contribution in [1.29, 1.82) is 0 Å². The van der Waals surface area contributed by atoms with Crippen LogP contribution in [0.2, 0.25) is 0 Å². The van der Waals surface area contributed by atoms with Gasteiger partial charge in [0.1, 0.15) is 11.8 Å². The van der Waals surface area contributed by atoms with E-state index in [1.54, 1.807) is 49.4 Å². The van der Waals surface area contributed by atoms with Gasteiger partial charge in [-0.15, -0.1) is 0 Å². The summed E-state index contributed by atoms with van der Waals surface area (Å²) in [5, 5.41) is 11.6. The molecule has 39 heavy (non-hydrogen) atoms. The lowest BCUT2D eigenvalue weighted by atomic mass is 9.83. The highest BCUT2D eigenvalue weighted by Gasteiger charge is 2.56. The van der Waals surface area contributed by atoms with Crippen molar-refractivity contribution in [3.8, 4) is 11.5 Å². The number of aliphatic carboxylic acids is 1. The Hall–Kier alpha value is -4.10. The molecule has 3 heterocycles. The van der Waals surface area contributed by atoms with Crippen LogP contribution in [0.15, 0.2) is 58.4 Å². The molecule has 2 aromatic carbocycles. The van der Waals surface area contributed by atoms with E-state index >= 15 is 0 Å². The zero-order chi connectivity index (χ0) is 27.7. The number of rotatable bonds is 9. The molecule has 13 heteroatoms. The number of aromatic nitrogens is 1. The average molecular weight is 570 g/mol. The van der Waals surface area contributed by atoms with E-state index in [0.29, 0.717) is 32.7 Å². The Balaban J connectivity index is 1.45. The number of thioether (sulfide) groups is 1. The van der Waals surface area contributed by atoms with Crippen molar-refractivity contribution in [3.05, 3.63) is 68.6 Å². The Kier molecular flexibility index (Phi) is 7.44. The largest absolute Gasteiger partial charge is 0.490 e. The van der Waals surface area contributed by atoms with E-state index in [9.17, 15) is 29.1 Å². The molecule has 3 aromatic rings. The van der Waals surface area contributed by atoms with Gasteiger partial charge in [0.25, 0.3) is 5.91 Å². The third kappa shape index (κ3) is 5.27. The molecule has 2 aliphatic heterocycles. The fraction of sp³-hybridized carbons (Fsp3) is 0.269. The Labute approximate surface area is 230 Å². The van der Waals surface area contributed by atoms with Gasteiger partial charge in [-0.3, -0.25) is 28.9 Å². The predicted molar refractivity (Wildman–Crippen MR) is 142 cm³/mol. The fourth-order valence-electron chi connectivity index (χ4n) is 4.69. The molecular formula is C26H23N3O8S2. The Bertz CT molecular complexity index is 1500. The van der Waals surface area contributed by atoms with Crippen LogP contribution in [0.3, 0.4) is 0 Å². The van der Waals surface area contributed by atoms with E-state index in [4.69, 9.17) is 9.47 Å². The number of carboxylic acid groups (broad SMARTS) is 1. The summed E-state index contributed by atoms with van der Waals surface area (Å²) in [5.74, 6) is -3.84. The van der Waals surface area contributed by atoms with Gasteiger partial charge in [-0.2, -0.15) is 0 Å². The normalized spacial score (nSPS) is 19.8. The number of ether oxygens (including phenoxy) is 2. The number of thiazole rings is 1. The monoisotopic (exact) mass is 569 g/mol. The lowest BCUT2D eigenvalue weighted by Crippen LogP contribution is -2.36. The van der Waals surface area contributed by atoms with E-state index in [2.05, 4.69) is 10.3 Å². The molecule has 3 N–H and O–H groups in total. The molecule has 2 unspecified atom stereocenters. The quantitative estimate of drug-likeness (QED) is 0.330. The van der Waals surface area contributed by atoms with Gasteiger partial charge >= 0.3 is 10.8 Å². The topological polar surface area (TPSA) is 155 Å². The van der Waals surface area contributed by atoms with E-state index in [1.807, 2.05) is 6.07 Å². The first-order valence-corrected chi connectivity index (χ1v) is 13.7. The van der Waals surface area contributed by atoms with Crippen LogP contribution < -0.4 is 19.7 Å². The van der Waals surface area contributed by atoms with Gasteiger partial charge in [-0.1, -0.05) is 47.4 Å². The summed E-state index contributed by atoms with van der Waals surface area (Å²) < 4.78 is 11.5. The van der Waals surface area contributed by atoms with Crippen LogP contribution in [0.25, 0.3) is 0 Å². The second-order valence-electron chi connectivity index (χ2n) is 8.75. The summed E-state index contributed by atoms with van der Waals surface area (Å²) in [6.07, 6.45) is 0. The predicted octanol–water partition coefficient (Wildman–Crippen LogP) is 2.53. The van der Waals surface area contributed by atoms with Crippen molar-refractivity contribution < 1.29 is 33.8 Å². The number of para-hydroxylation sites is 1. The lowest BCUT2D eigenvalue weighted by Gasteiger charge is -2.30. The highest BCUT2D eigenvalue weighted by atomic mass is 32.2. The first-order valence-electron chi connectivity index (χ1n) is 12.0. The van der Waals surface area contributed by atoms with E-state index in [-0.39, 0.29) is 24.0 Å². The number of benzene rings is 2. The van der Waals surface area contributed by atoms with Crippen LogP contribution >= 0.6 is 23.1 Å². The van der Waals surface area contributed by atoms with Gasteiger partial charge in [0.05, 0.1) is 17.6 Å². The zero-order valence-corrected chi connectivity index (χ0v) is 22.2. The number of anilines is 1. The fourth-order valence-corrected chi connectivity index (χ4v) is 7.23. The number of carbonyl (C=O) groups excluding carboxylic acids is 3. The van der Waals surface area contributed by atoms with Crippen LogP contribution in [0.5, 0.6) is 11.5 Å². The van der Waals surface area contributed by atoms with Crippen LogP contribution in [-0.2, 0) is 19.2 Å². The molecule has 0 bridgehead atoms. The minimum atomic E-state index is -1.29. The highest BCUT2D eigenvalue weighted by molar-refractivity contribution is 8.00. The summed E-state index contributed by atoms with van der Waals surface area (Å²) >= 11 is 2.01. The summed E-state index contributed by atoms with van der Waals surface area (Å²) in [6, 6.07) is 13.9. The number of hydrogen-bond donors (Lipinski definition) is 3. The zero-order valence-electron chi connectivity index (χ0n) is 20.5. The minimum Gasteiger partial charge on any atom is -0.490 e. The van der Waals surface area contributed by atoms with E-state index in [1.165, 1.54) is 0 Å². The maximum atomic E-state index is 13.3. The SMILES string of the molecule is CCOc1cc([C@H]2c3sc(=O)[nH]c3SC3C(=O)N(CC(=O)O)C(=O)C32)ccc1OCC(=O)Nc1ccccc1. The molecule has 1 fully saturated rings. The van der Waals surface area contributed by atoms with Gasteiger partial charge in [-0.05, 0) is 36.8 Å². The number of carboxylic acids is 1. The van der Waals surface area contributed by atoms with Crippen molar-refractivity contribution in [2.24, 2.45) is 5.92 Å². The summed E-state index contributed by atoms with van der Waals surface area (Å²) in [5.41, 5.74) is 1.22. The smallest absolute Gasteiger partial charge is 0.323 e. The maximum Gasteiger partial charge on any atom is 0.323 e. The molecule has 1 saturated heterocycles. The van der Waals surface area contributed by atoms with Gasteiger partial charge in [0, 0.05) is 16.5 Å². The third-order valence-corrected chi connectivity index (χ3v) is 8.65. The van der Waals surface area contributed by atoms with Gasteiger partial charge in [0.2, 0.25) is 11.8 Å². The van der Waals surface area contributed by atoms with Crippen molar-refractivity contribution in [3.63, 3.8) is 0 Å². The second kappa shape index (κ2) is 10.9. The summed E-state index contributed by atoms with van der Waals surface area (Å²) in [6.45, 7) is 1.06. The van der Waals surface area contributed by atoms with E-state index in [0.717, 1.165) is 28.0 Å². The molecule has 3 atom stereocenters. The third-order valence-electron chi connectivity index (χ3n) is 6.25. The van der Waals surface area contributed by atoms with Crippen LogP contribution in [0.4, 0.5) is 5.69 Å². The number of amides is 3. The van der Waals surface area contributed by atoms with Gasteiger partial charge in [0.15, 0.2) is 18.1 Å². The molecule has 5 rings (SSSR count). The lowest BCUT2D eigenvalue weighted by molar-refractivity contribution is -0.149. The Morgan fingerprint density at radius 3 is 2.54 bits per heavy atom. The number of nitrogens with one attached hydrogen (secondary N) is 2. The van der Waals surface area contributed by atoms with Crippen LogP contribution in [0.1, 0.15) is 23.3 Å². The number of H-pyrrole nitrogens is 1. The molecule has 11 nitrogen and oxygen atoms in total. The first-order chi connectivity index (χ1) is 18.8. The van der Waals surface area contributed by atoms with Crippen LogP contribution in [-0.4, -0.2) is 63.7 Å². The highest BCUT2D eigenvalue weighted by Crippen LogP contribution is 2.53. The second-order valence-corrected chi connectivity index (χ2v) is 10.9. The van der Waals surface area contributed by atoms with Crippen LogP contribution in [0, 0.1) is 5.92 Å². The number of aromatic amines is 1. The number of carbonyl (C=O) groups is 4. The minimum absolute atomic E-state index is 0.278. The summed E-state index contributed by atoms with van der Waals surface area (Å²) in [4.78, 5) is 66.1. The first kappa shape index (κ1) is 26.5. The molecule has 0 spiro atoms. The Morgan fingerprint density at radius 2 is 1.82 bits per heavy atom. The molecule has 1 aromatic heterocycles. The molecule has 0 radical (unpaired) electrons. The number of hydrogen-bond acceptors (Lipinski definition) is 9. The van der Waals surface area contributed by atoms with E-state index < -0.39 is 41.4 Å². The molecule has 0 saturated carbocycles. The van der Waals surface area contributed by atoms with Crippen molar-refractivity contribution in [2.45, 2.75) is 23.1 Å². The summed E-state index contributed by atoms with van der Waals surface area (Å²) in [7, 11) is 0. The van der Waals surface area contributed by atoms with Crippen molar-refractivity contribution >= 4 is 52.5 Å². The number of imide groups is 1. The van der Waals surface area contributed by atoms with Gasteiger partial charge in [-0.25, -0.2) is 0 Å². The molecule has 3 amide bonds. The maximum absolute atomic E-state index is 13.3. The molecule has 2 aliphatic rings. The average Bonchev–Trinajstić information content (AvgIpc) is 3.39. The molecular weight excluding hydrogens is 546 g/mol.